The standard InChI is InChI=1S/C40H76O4/c1-3-5-7-9-11-13-15-17-19-21-23-25-27-29-31-33-35-37(39(41)42)38(40(43)44)36-34-32-30-28-26-24-22-20-18-16-14-12-10-8-6-4-2/h3-36H2,1-2H3,(H,41,42)(H,43,44). The Morgan fingerprint density at radius 1 is 0.295 bits per heavy atom. The minimum absolute atomic E-state index is 0.142. The van der Waals surface area contributed by atoms with Crippen LogP contribution in [0.3, 0.4) is 0 Å². The van der Waals surface area contributed by atoms with Gasteiger partial charge >= 0.3 is 11.9 Å². The van der Waals surface area contributed by atoms with Crippen molar-refractivity contribution in [1.29, 1.82) is 0 Å². The van der Waals surface area contributed by atoms with Crippen molar-refractivity contribution in [3.8, 4) is 0 Å². The molecule has 0 heterocycles. The first-order valence-corrected chi connectivity index (χ1v) is 19.7. The Hall–Kier alpha value is -1.32. The summed E-state index contributed by atoms with van der Waals surface area (Å²) in [4.78, 5) is 23.8. The molecule has 0 aliphatic carbocycles. The minimum atomic E-state index is -1.04. The molecule has 0 saturated carbocycles. The number of carboxylic acid groups (broad SMARTS) is 2. The van der Waals surface area contributed by atoms with E-state index in [-0.39, 0.29) is 11.1 Å². The van der Waals surface area contributed by atoms with Crippen molar-refractivity contribution in [1.82, 2.24) is 0 Å². The first-order valence-electron chi connectivity index (χ1n) is 19.7. The van der Waals surface area contributed by atoms with Crippen molar-refractivity contribution in [2.45, 2.75) is 232 Å². The molecule has 0 aromatic rings. The Morgan fingerprint density at radius 3 is 0.614 bits per heavy atom. The molecule has 0 saturated heterocycles. The van der Waals surface area contributed by atoms with Gasteiger partial charge in [0, 0.05) is 11.1 Å². The van der Waals surface area contributed by atoms with Crippen LogP contribution in [-0.4, -0.2) is 22.2 Å². The van der Waals surface area contributed by atoms with E-state index in [9.17, 15) is 19.8 Å². The predicted octanol–water partition coefficient (Wildman–Crippen LogP) is 13.8. The normalized spacial score (nSPS) is 12.0. The van der Waals surface area contributed by atoms with Gasteiger partial charge in [0.1, 0.15) is 0 Å². The van der Waals surface area contributed by atoms with Gasteiger partial charge in [-0.15, -0.1) is 0 Å². The van der Waals surface area contributed by atoms with E-state index in [1.807, 2.05) is 0 Å². The number of hydrogen-bond acceptors (Lipinski definition) is 2. The second kappa shape index (κ2) is 34.6. The predicted molar refractivity (Wildman–Crippen MR) is 191 cm³/mol. The molecule has 0 spiro atoms. The minimum Gasteiger partial charge on any atom is -0.478 e. The van der Waals surface area contributed by atoms with E-state index in [1.54, 1.807) is 0 Å². The second-order valence-corrected chi connectivity index (χ2v) is 13.7. The molecule has 0 aliphatic rings. The third kappa shape index (κ3) is 29.4. The summed E-state index contributed by atoms with van der Waals surface area (Å²) in [5.41, 5.74) is 0.285. The van der Waals surface area contributed by atoms with Crippen LogP contribution >= 0.6 is 0 Å². The number of hydrogen-bond donors (Lipinski definition) is 2. The third-order valence-electron chi connectivity index (χ3n) is 9.44. The van der Waals surface area contributed by atoms with Crippen molar-refractivity contribution in [3.63, 3.8) is 0 Å². The molecule has 0 aromatic heterocycles. The van der Waals surface area contributed by atoms with Crippen molar-refractivity contribution in [2.75, 3.05) is 0 Å². The van der Waals surface area contributed by atoms with Gasteiger partial charge in [0.15, 0.2) is 0 Å². The average Bonchev–Trinajstić information content (AvgIpc) is 3.00. The van der Waals surface area contributed by atoms with Gasteiger partial charge in [0.25, 0.3) is 0 Å². The monoisotopic (exact) mass is 621 g/mol. The number of unbranched alkanes of at least 4 members (excludes halogenated alkanes) is 30. The van der Waals surface area contributed by atoms with E-state index in [4.69, 9.17) is 0 Å². The maximum atomic E-state index is 11.9. The maximum absolute atomic E-state index is 11.9. The fourth-order valence-electron chi connectivity index (χ4n) is 6.47. The lowest BCUT2D eigenvalue weighted by Gasteiger charge is -2.10. The quantitative estimate of drug-likeness (QED) is 0.0540. The zero-order chi connectivity index (χ0) is 32.4. The number of carboxylic acids is 2. The summed E-state index contributed by atoms with van der Waals surface area (Å²) in [6.45, 7) is 4.54. The lowest BCUT2D eigenvalue weighted by atomic mass is 9.96. The molecular weight excluding hydrogens is 544 g/mol. The van der Waals surface area contributed by atoms with E-state index in [0.717, 1.165) is 38.5 Å². The van der Waals surface area contributed by atoms with Crippen LogP contribution in [0.5, 0.6) is 0 Å². The van der Waals surface area contributed by atoms with Gasteiger partial charge in [0.2, 0.25) is 0 Å². The van der Waals surface area contributed by atoms with Crippen molar-refractivity contribution in [3.05, 3.63) is 11.1 Å². The second-order valence-electron chi connectivity index (χ2n) is 13.7. The molecule has 0 amide bonds. The van der Waals surface area contributed by atoms with E-state index < -0.39 is 11.9 Å². The molecular formula is C40H76O4. The largest absolute Gasteiger partial charge is 0.478 e. The Balaban J connectivity index is 3.84. The zero-order valence-electron chi connectivity index (χ0n) is 29.8. The highest BCUT2D eigenvalue weighted by molar-refractivity contribution is 5.98. The number of rotatable bonds is 36. The first kappa shape index (κ1) is 42.7. The van der Waals surface area contributed by atoms with E-state index in [0.29, 0.717) is 12.8 Å². The number of aliphatic carboxylic acids is 2. The smallest absolute Gasteiger partial charge is 0.332 e. The van der Waals surface area contributed by atoms with E-state index >= 15 is 0 Å². The zero-order valence-corrected chi connectivity index (χ0v) is 29.8. The van der Waals surface area contributed by atoms with Crippen LogP contribution in [0.4, 0.5) is 0 Å². The average molecular weight is 621 g/mol. The Kier molecular flexibility index (Phi) is 33.5. The van der Waals surface area contributed by atoms with E-state index in [1.165, 1.54) is 167 Å². The first-order chi connectivity index (χ1) is 21.5. The fraction of sp³-hybridized carbons (Fsp3) is 0.900. The highest BCUT2D eigenvalue weighted by atomic mass is 16.4. The van der Waals surface area contributed by atoms with E-state index in [2.05, 4.69) is 13.8 Å². The van der Waals surface area contributed by atoms with Gasteiger partial charge in [-0.2, -0.15) is 0 Å². The molecule has 0 aliphatic heterocycles. The lowest BCUT2D eigenvalue weighted by Crippen LogP contribution is -2.12. The summed E-state index contributed by atoms with van der Waals surface area (Å²) < 4.78 is 0. The summed E-state index contributed by atoms with van der Waals surface area (Å²) in [6, 6.07) is 0. The fourth-order valence-corrected chi connectivity index (χ4v) is 6.47. The highest BCUT2D eigenvalue weighted by Gasteiger charge is 2.19. The summed E-state index contributed by atoms with van der Waals surface area (Å²) in [6.07, 6.45) is 41.7. The van der Waals surface area contributed by atoms with Crippen LogP contribution in [-0.2, 0) is 9.59 Å². The van der Waals surface area contributed by atoms with Gasteiger partial charge in [-0.1, -0.05) is 206 Å². The summed E-state index contributed by atoms with van der Waals surface area (Å²) >= 11 is 0. The van der Waals surface area contributed by atoms with Crippen LogP contribution in [0.2, 0.25) is 0 Å². The van der Waals surface area contributed by atoms with Crippen LogP contribution < -0.4 is 0 Å². The van der Waals surface area contributed by atoms with Crippen LogP contribution in [0.15, 0.2) is 11.1 Å². The van der Waals surface area contributed by atoms with Crippen LogP contribution in [0.1, 0.15) is 232 Å². The molecule has 0 unspecified atom stereocenters. The van der Waals surface area contributed by atoms with Gasteiger partial charge in [-0.25, -0.2) is 9.59 Å². The summed E-state index contributed by atoms with van der Waals surface area (Å²) in [5.74, 6) is -2.08. The topological polar surface area (TPSA) is 74.6 Å². The van der Waals surface area contributed by atoms with Crippen molar-refractivity contribution >= 4 is 11.9 Å². The highest BCUT2D eigenvalue weighted by Crippen LogP contribution is 2.22. The Bertz CT molecular complexity index is 612. The van der Waals surface area contributed by atoms with Crippen molar-refractivity contribution in [2.24, 2.45) is 0 Å². The molecule has 0 aromatic carbocycles. The Morgan fingerprint density at radius 2 is 0.455 bits per heavy atom. The number of carbonyl (C=O) groups is 2. The third-order valence-corrected chi connectivity index (χ3v) is 9.44. The van der Waals surface area contributed by atoms with Crippen LogP contribution in [0.25, 0.3) is 0 Å². The molecule has 260 valence electrons. The molecule has 4 heteroatoms. The molecule has 0 radical (unpaired) electrons. The molecule has 4 nitrogen and oxygen atoms in total. The van der Waals surface area contributed by atoms with Crippen LogP contribution in [0, 0.1) is 0 Å². The summed E-state index contributed by atoms with van der Waals surface area (Å²) in [5, 5.41) is 19.5. The summed E-state index contributed by atoms with van der Waals surface area (Å²) in [7, 11) is 0. The molecule has 2 N–H and O–H groups in total. The SMILES string of the molecule is CCCCCCCCCCCCCCCCCCC(C(=O)O)=C(CCCCCCCCCCCCCCCCCC)C(=O)O. The lowest BCUT2D eigenvalue weighted by molar-refractivity contribution is -0.136. The maximum Gasteiger partial charge on any atom is 0.332 e. The molecule has 0 rings (SSSR count). The van der Waals surface area contributed by atoms with Gasteiger partial charge < -0.3 is 10.2 Å². The van der Waals surface area contributed by atoms with Gasteiger partial charge in [-0.3, -0.25) is 0 Å². The van der Waals surface area contributed by atoms with Crippen molar-refractivity contribution < 1.29 is 19.8 Å². The Labute approximate surface area is 274 Å². The molecule has 44 heavy (non-hydrogen) atoms. The molecule has 0 fully saturated rings. The molecule has 0 bridgehead atoms. The van der Waals surface area contributed by atoms with Gasteiger partial charge in [-0.05, 0) is 25.7 Å². The molecule has 0 atom stereocenters. The van der Waals surface area contributed by atoms with Gasteiger partial charge in [0.05, 0.1) is 0 Å².